The molecule has 0 saturated carbocycles. The molecule has 3 rings (SSSR count). The number of rotatable bonds is 9. The summed E-state index contributed by atoms with van der Waals surface area (Å²) in [5.41, 5.74) is 4.43. The van der Waals surface area contributed by atoms with Crippen molar-refractivity contribution in [2.75, 3.05) is 11.1 Å². The summed E-state index contributed by atoms with van der Waals surface area (Å²) in [5.74, 6) is 1.75. The Morgan fingerprint density at radius 1 is 1.10 bits per heavy atom. The highest BCUT2D eigenvalue weighted by Crippen LogP contribution is 2.25. The van der Waals surface area contributed by atoms with Gasteiger partial charge in [-0.15, -0.1) is 10.2 Å². The Morgan fingerprint density at radius 3 is 2.48 bits per heavy atom. The Balaban J connectivity index is 1.61. The van der Waals surface area contributed by atoms with Crippen LogP contribution in [0.25, 0.3) is 0 Å². The molecule has 3 aromatic rings. The smallest absolute Gasteiger partial charge is 0.234 e. The molecule has 0 saturated heterocycles. The number of hydrogen-bond donors (Lipinski definition) is 1. The number of ether oxygens (including phenoxy) is 1. The van der Waals surface area contributed by atoms with Gasteiger partial charge in [0.2, 0.25) is 5.91 Å². The zero-order valence-electron chi connectivity index (χ0n) is 18.8. The van der Waals surface area contributed by atoms with Gasteiger partial charge in [0.05, 0.1) is 5.75 Å². The van der Waals surface area contributed by atoms with Crippen LogP contribution in [0, 0.1) is 13.8 Å². The molecule has 1 atom stereocenters. The summed E-state index contributed by atoms with van der Waals surface area (Å²) >= 11 is 1.38. The van der Waals surface area contributed by atoms with Crippen molar-refractivity contribution < 1.29 is 9.53 Å². The number of aromatic nitrogens is 3. The number of carbonyl (C=O) groups excluding carboxylic acids is 1. The quantitative estimate of drug-likeness (QED) is 0.456. The van der Waals surface area contributed by atoms with E-state index in [1.807, 2.05) is 55.7 Å². The third-order valence-corrected chi connectivity index (χ3v) is 6.16. The molecule has 0 bridgehead atoms. The van der Waals surface area contributed by atoms with Crippen molar-refractivity contribution in [1.82, 2.24) is 14.8 Å². The van der Waals surface area contributed by atoms with E-state index in [0.717, 1.165) is 29.2 Å². The monoisotopic (exact) mass is 438 g/mol. The highest BCUT2D eigenvalue weighted by atomic mass is 32.2. The van der Waals surface area contributed by atoms with Crippen molar-refractivity contribution in [2.45, 2.75) is 58.8 Å². The van der Waals surface area contributed by atoms with Crippen LogP contribution in [0.15, 0.2) is 47.6 Å². The zero-order valence-corrected chi connectivity index (χ0v) is 19.6. The summed E-state index contributed by atoms with van der Waals surface area (Å²) in [6.45, 7) is 10.9. The number of thioether (sulfide) groups is 1. The second kappa shape index (κ2) is 10.5. The van der Waals surface area contributed by atoms with Crippen LogP contribution in [-0.4, -0.2) is 26.4 Å². The summed E-state index contributed by atoms with van der Waals surface area (Å²) in [5, 5.41) is 12.3. The van der Waals surface area contributed by atoms with Crippen LogP contribution in [0.4, 0.5) is 5.69 Å². The van der Waals surface area contributed by atoms with Crippen molar-refractivity contribution in [1.29, 1.82) is 0 Å². The molecule has 0 radical (unpaired) electrons. The van der Waals surface area contributed by atoms with Gasteiger partial charge in [0.1, 0.15) is 5.75 Å². The molecule has 6 nitrogen and oxygen atoms in total. The van der Waals surface area contributed by atoms with Gasteiger partial charge in [-0.25, -0.2) is 0 Å². The molecule has 0 aliphatic carbocycles. The maximum absolute atomic E-state index is 12.4. The first kappa shape index (κ1) is 22.9. The van der Waals surface area contributed by atoms with Crippen LogP contribution in [0.3, 0.4) is 0 Å². The first-order valence-electron chi connectivity index (χ1n) is 10.6. The maximum atomic E-state index is 12.4. The van der Waals surface area contributed by atoms with E-state index >= 15 is 0 Å². The van der Waals surface area contributed by atoms with Gasteiger partial charge in [-0.2, -0.15) is 0 Å². The second-order valence-corrected chi connectivity index (χ2v) is 8.42. The molecule has 0 spiro atoms. The average molecular weight is 439 g/mol. The number of nitrogens with zero attached hydrogens (tertiary/aromatic N) is 3. The van der Waals surface area contributed by atoms with Gasteiger partial charge < -0.3 is 14.6 Å². The van der Waals surface area contributed by atoms with Crippen LogP contribution in [0.1, 0.15) is 49.4 Å². The molecule has 0 aliphatic rings. The van der Waals surface area contributed by atoms with Crippen LogP contribution in [-0.2, 0) is 17.8 Å². The van der Waals surface area contributed by atoms with E-state index in [2.05, 4.69) is 41.5 Å². The SMILES string of the molecule is CCc1ccc(O[C@@H](C)c2nnc(SCC(=O)Nc3ccc(C)c(C)c3)n2CC)cc1. The largest absolute Gasteiger partial charge is 0.483 e. The number of carbonyl (C=O) groups is 1. The minimum Gasteiger partial charge on any atom is -0.483 e. The number of nitrogens with one attached hydrogen (secondary N) is 1. The van der Waals surface area contributed by atoms with Crippen molar-refractivity contribution in [3.05, 3.63) is 65.0 Å². The van der Waals surface area contributed by atoms with Gasteiger partial charge in [-0.05, 0) is 75.1 Å². The normalized spacial score (nSPS) is 11.9. The fourth-order valence-electron chi connectivity index (χ4n) is 3.21. The van der Waals surface area contributed by atoms with Crippen LogP contribution in [0.5, 0.6) is 5.75 Å². The standard InChI is InChI=1S/C24H30N4O2S/c1-6-19-9-12-21(13-10-19)30-18(5)23-26-27-24(28(23)7-2)31-15-22(29)25-20-11-8-16(3)17(4)14-20/h8-14,18H,6-7,15H2,1-5H3,(H,25,29)/t18-/m0/s1. The lowest BCUT2D eigenvalue weighted by molar-refractivity contribution is -0.113. The van der Waals surface area contributed by atoms with E-state index < -0.39 is 0 Å². The molecule has 0 unspecified atom stereocenters. The van der Waals surface area contributed by atoms with Crippen molar-refractivity contribution >= 4 is 23.4 Å². The van der Waals surface area contributed by atoms with Crippen molar-refractivity contribution in [3.63, 3.8) is 0 Å². The van der Waals surface area contributed by atoms with Gasteiger partial charge in [-0.3, -0.25) is 4.79 Å². The summed E-state index contributed by atoms with van der Waals surface area (Å²) < 4.78 is 8.07. The molecule has 1 N–H and O–H groups in total. The lowest BCUT2D eigenvalue weighted by Crippen LogP contribution is -2.15. The predicted octanol–water partition coefficient (Wildman–Crippen LogP) is 5.35. The summed E-state index contributed by atoms with van der Waals surface area (Å²) in [6.07, 6.45) is 0.746. The highest BCUT2D eigenvalue weighted by molar-refractivity contribution is 7.99. The van der Waals surface area contributed by atoms with Crippen molar-refractivity contribution in [3.8, 4) is 5.75 Å². The number of benzene rings is 2. The summed E-state index contributed by atoms with van der Waals surface area (Å²) in [7, 11) is 0. The van der Waals surface area contributed by atoms with Gasteiger partial charge in [0.25, 0.3) is 0 Å². The Kier molecular flexibility index (Phi) is 7.74. The third kappa shape index (κ3) is 5.88. The lowest BCUT2D eigenvalue weighted by Gasteiger charge is -2.16. The Morgan fingerprint density at radius 2 is 1.84 bits per heavy atom. The molecule has 0 aliphatic heterocycles. The molecule has 1 amide bonds. The van der Waals surface area contributed by atoms with Gasteiger partial charge in [0, 0.05) is 12.2 Å². The number of hydrogen-bond acceptors (Lipinski definition) is 5. The van der Waals surface area contributed by atoms with E-state index in [1.165, 1.54) is 22.9 Å². The molecular formula is C24H30N4O2S. The summed E-state index contributed by atoms with van der Waals surface area (Å²) in [6, 6.07) is 14.0. The van der Waals surface area contributed by atoms with Gasteiger partial charge in [-0.1, -0.05) is 36.9 Å². The number of anilines is 1. The predicted molar refractivity (Wildman–Crippen MR) is 126 cm³/mol. The zero-order chi connectivity index (χ0) is 22.4. The minimum atomic E-state index is -0.251. The van der Waals surface area contributed by atoms with E-state index in [4.69, 9.17) is 4.74 Å². The van der Waals surface area contributed by atoms with E-state index in [1.54, 1.807) is 0 Å². The van der Waals surface area contributed by atoms with E-state index in [-0.39, 0.29) is 17.8 Å². The topological polar surface area (TPSA) is 69.0 Å². The van der Waals surface area contributed by atoms with Crippen LogP contribution < -0.4 is 10.1 Å². The highest BCUT2D eigenvalue weighted by Gasteiger charge is 2.19. The molecule has 1 heterocycles. The lowest BCUT2D eigenvalue weighted by atomic mass is 10.1. The molecule has 31 heavy (non-hydrogen) atoms. The number of amides is 1. The molecular weight excluding hydrogens is 408 g/mol. The average Bonchev–Trinajstić information content (AvgIpc) is 3.18. The molecule has 2 aromatic carbocycles. The maximum Gasteiger partial charge on any atom is 0.234 e. The fourth-order valence-corrected chi connectivity index (χ4v) is 4.02. The molecule has 7 heteroatoms. The summed E-state index contributed by atoms with van der Waals surface area (Å²) in [4.78, 5) is 12.4. The Hall–Kier alpha value is -2.80. The van der Waals surface area contributed by atoms with E-state index in [9.17, 15) is 4.79 Å². The van der Waals surface area contributed by atoms with Crippen molar-refractivity contribution in [2.24, 2.45) is 0 Å². The van der Waals surface area contributed by atoms with Crippen LogP contribution in [0.2, 0.25) is 0 Å². The fraction of sp³-hybridized carbons (Fsp3) is 0.375. The second-order valence-electron chi connectivity index (χ2n) is 7.48. The van der Waals surface area contributed by atoms with Gasteiger partial charge in [0.15, 0.2) is 17.1 Å². The minimum absolute atomic E-state index is 0.0687. The van der Waals surface area contributed by atoms with E-state index in [0.29, 0.717) is 11.7 Å². The first-order chi connectivity index (χ1) is 14.9. The van der Waals surface area contributed by atoms with Crippen LogP contribution >= 0.6 is 11.8 Å². The molecule has 1 aromatic heterocycles. The first-order valence-corrected chi connectivity index (χ1v) is 11.6. The Labute approximate surface area is 188 Å². The molecule has 164 valence electrons. The molecule has 0 fully saturated rings. The number of aryl methyl sites for hydroxylation is 3. The van der Waals surface area contributed by atoms with Gasteiger partial charge >= 0.3 is 0 Å². The Bertz CT molecular complexity index is 1030. The third-order valence-electron chi connectivity index (χ3n) is 5.19.